The molecule has 0 N–H and O–H groups in total. The summed E-state index contributed by atoms with van der Waals surface area (Å²) in [7, 11) is 0. The highest BCUT2D eigenvalue weighted by atomic mass is 15.1. The third-order valence-corrected chi connectivity index (χ3v) is 13.1. The molecule has 0 aliphatic heterocycles. The van der Waals surface area contributed by atoms with Crippen LogP contribution in [0.1, 0.15) is 5.56 Å². The van der Waals surface area contributed by atoms with Gasteiger partial charge in [-0.25, -0.2) is 0 Å². The Hall–Kier alpha value is -8.20. The van der Waals surface area contributed by atoms with Crippen LogP contribution in [0.5, 0.6) is 0 Å². The second kappa shape index (κ2) is 15.9. The van der Waals surface area contributed by atoms with Crippen molar-refractivity contribution in [2.45, 2.75) is 0 Å². The number of allylic oxidation sites excluding steroid dienone is 8. The maximum Gasteiger partial charge on any atom is 0.0547 e. The van der Waals surface area contributed by atoms with E-state index in [1.807, 2.05) is 0 Å². The van der Waals surface area contributed by atoms with Gasteiger partial charge in [0.1, 0.15) is 0 Å². The summed E-state index contributed by atoms with van der Waals surface area (Å²) in [6.45, 7) is 0. The van der Waals surface area contributed by atoms with E-state index in [0.29, 0.717) is 5.92 Å². The van der Waals surface area contributed by atoms with Crippen LogP contribution in [-0.4, -0.2) is 4.57 Å². The molecule has 2 nitrogen and oxygen atoms in total. The third kappa shape index (κ3) is 6.60. The van der Waals surface area contributed by atoms with Crippen molar-refractivity contribution in [1.82, 2.24) is 4.57 Å². The Labute approximate surface area is 374 Å². The number of benzene rings is 9. The molecule has 2 atom stereocenters. The molecule has 1 heterocycles. The minimum atomic E-state index is 0.259. The lowest BCUT2D eigenvalue weighted by molar-refractivity contribution is 0.678. The molecule has 2 unspecified atom stereocenters. The monoisotopic (exact) mass is 816 g/mol. The number of aromatic nitrogens is 1. The number of nitrogens with zero attached hydrogens (tertiary/aromatic N) is 2. The van der Waals surface area contributed by atoms with Gasteiger partial charge in [0.25, 0.3) is 0 Å². The van der Waals surface area contributed by atoms with Gasteiger partial charge in [0.05, 0.1) is 16.7 Å². The van der Waals surface area contributed by atoms with Gasteiger partial charge in [-0.3, -0.25) is 0 Å². The fourth-order valence-corrected chi connectivity index (χ4v) is 10.1. The summed E-state index contributed by atoms with van der Waals surface area (Å²) in [6.07, 6.45) is 15.9. The van der Waals surface area contributed by atoms with Gasteiger partial charge in [-0.05, 0) is 110 Å². The highest BCUT2D eigenvalue weighted by Crippen LogP contribution is 2.46. The first-order valence-corrected chi connectivity index (χ1v) is 22.3. The summed E-state index contributed by atoms with van der Waals surface area (Å²) in [4.78, 5) is 2.42. The molecule has 0 saturated carbocycles. The maximum absolute atomic E-state index is 2.45. The number of rotatable bonds is 8. The lowest BCUT2D eigenvalue weighted by Crippen LogP contribution is -2.16. The first-order chi connectivity index (χ1) is 31.7. The number of hydrogen-bond acceptors (Lipinski definition) is 1. The molecule has 10 aromatic rings. The molecule has 2 heteroatoms. The van der Waals surface area contributed by atoms with Crippen LogP contribution in [0.4, 0.5) is 17.1 Å². The average molecular weight is 817 g/mol. The zero-order valence-corrected chi connectivity index (χ0v) is 35.3. The Morgan fingerprint density at radius 3 is 1.84 bits per heavy atom. The molecule has 2 aliphatic rings. The van der Waals surface area contributed by atoms with Crippen LogP contribution < -0.4 is 4.90 Å². The highest BCUT2D eigenvalue weighted by Gasteiger charge is 2.27. The summed E-state index contributed by atoms with van der Waals surface area (Å²) < 4.78 is 2.45. The predicted octanol–water partition coefficient (Wildman–Crippen LogP) is 16.7. The normalized spacial score (nSPS) is 15.4. The van der Waals surface area contributed by atoms with Gasteiger partial charge in [-0.1, -0.05) is 194 Å². The van der Waals surface area contributed by atoms with Crippen LogP contribution in [-0.2, 0) is 0 Å². The van der Waals surface area contributed by atoms with E-state index in [4.69, 9.17) is 0 Å². The highest BCUT2D eigenvalue weighted by molar-refractivity contribution is 6.14. The van der Waals surface area contributed by atoms with Crippen LogP contribution in [0.3, 0.4) is 0 Å². The zero-order chi connectivity index (χ0) is 42.4. The van der Waals surface area contributed by atoms with E-state index in [9.17, 15) is 0 Å². The van der Waals surface area contributed by atoms with Crippen LogP contribution in [0.2, 0.25) is 0 Å². The lowest BCUT2D eigenvalue weighted by atomic mass is 9.75. The lowest BCUT2D eigenvalue weighted by Gasteiger charge is -2.31. The van der Waals surface area contributed by atoms with E-state index in [2.05, 4.69) is 264 Å². The molecular weight excluding hydrogens is 773 g/mol. The second-order valence-electron chi connectivity index (χ2n) is 16.9. The molecule has 64 heavy (non-hydrogen) atoms. The number of anilines is 3. The topological polar surface area (TPSA) is 8.17 Å². The van der Waals surface area contributed by atoms with Crippen molar-refractivity contribution in [3.8, 4) is 39.1 Å². The van der Waals surface area contributed by atoms with E-state index in [1.165, 1.54) is 71.5 Å². The van der Waals surface area contributed by atoms with Crippen LogP contribution in [0.25, 0.3) is 77.2 Å². The molecule has 0 amide bonds. The minimum absolute atomic E-state index is 0.259. The molecule has 2 aliphatic carbocycles. The molecule has 302 valence electrons. The molecule has 0 bridgehead atoms. The largest absolute Gasteiger partial charge is 0.310 e. The summed E-state index contributed by atoms with van der Waals surface area (Å²) in [6, 6.07) is 77.7. The summed E-state index contributed by atoms with van der Waals surface area (Å²) in [5.41, 5.74) is 16.6. The molecule has 0 spiro atoms. The summed E-state index contributed by atoms with van der Waals surface area (Å²) in [5, 5.41) is 5.00. The Bertz CT molecular complexity index is 3490. The standard InChI is InChI=1S/C62H44N2/c1-3-17-43(18-4-1)47-25-15-26-51(39-47)63(52-37-38-54(44-19-5-2-6-20-44)58(42-52)56-30-16-24-45-21-9-10-27-53(45)56)50-35-33-46(34-36-50)55-28-11-13-31-60(55)64-61-32-14-12-29-57(61)59-40-48-22-7-8-23-49(48)41-62(59)64/h1-42,45,53H. The van der Waals surface area contributed by atoms with Crippen LogP contribution >= 0.6 is 0 Å². The van der Waals surface area contributed by atoms with E-state index in [-0.39, 0.29) is 5.92 Å². The van der Waals surface area contributed by atoms with Gasteiger partial charge in [0, 0.05) is 45.2 Å². The quantitative estimate of drug-likeness (QED) is 0.148. The summed E-state index contributed by atoms with van der Waals surface area (Å²) >= 11 is 0. The van der Waals surface area contributed by atoms with Crippen molar-refractivity contribution >= 4 is 55.2 Å². The van der Waals surface area contributed by atoms with Gasteiger partial charge in [-0.15, -0.1) is 0 Å². The van der Waals surface area contributed by atoms with Gasteiger partial charge in [0.2, 0.25) is 0 Å². The van der Waals surface area contributed by atoms with Crippen molar-refractivity contribution in [2.75, 3.05) is 4.90 Å². The fourth-order valence-electron chi connectivity index (χ4n) is 10.1. The minimum Gasteiger partial charge on any atom is -0.310 e. The summed E-state index contributed by atoms with van der Waals surface area (Å²) in [5.74, 6) is 0.586. The predicted molar refractivity (Wildman–Crippen MR) is 272 cm³/mol. The molecule has 12 rings (SSSR count). The van der Waals surface area contributed by atoms with Crippen LogP contribution in [0.15, 0.2) is 255 Å². The smallest absolute Gasteiger partial charge is 0.0547 e. The van der Waals surface area contributed by atoms with E-state index in [0.717, 1.165) is 28.3 Å². The van der Waals surface area contributed by atoms with Gasteiger partial charge in [0.15, 0.2) is 0 Å². The van der Waals surface area contributed by atoms with Gasteiger partial charge in [-0.2, -0.15) is 0 Å². The first-order valence-electron chi connectivity index (χ1n) is 22.3. The molecule has 0 radical (unpaired) electrons. The Morgan fingerprint density at radius 2 is 1.00 bits per heavy atom. The van der Waals surface area contributed by atoms with Crippen LogP contribution in [0, 0.1) is 11.8 Å². The van der Waals surface area contributed by atoms with E-state index in [1.54, 1.807) is 0 Å². The van der Waals surface area contributed by atoms with Crippen molar-refractivity contribution in [3.63, 3.8) is 0 Å². The number of fused-ring (bicyclic) bond motifs is 5. The van der Waals surface area contributed by atoms with Gasteiger partial charge >= 0.3 is 0 Å². The van der Waals surface area contributed by atoms with Gasteiger partial charge < -0.3 is 9.47 Å². The van der Waals surface area contributed by atoms with Crippen molar-refractivity contribution in [1.29, 1.82) is 0 Å². The Morgan fingerprint density at radius 1 is 0.359 bits per heavy atom. The average Bonchev–Trinajstić information content (AvgIpc) is 3.69. The van der Waals surface area contributed by atoms with E-state index < -0.39 is 0 Å². The number of hydrogen-bond donors (Lipinski definition) is 0. The second-order valence-corrected chi connectivity index (χ2v) is 16.9. The van der Waals surface area contributed by atoms with E-state index >= 15 is 0 Å². The molecule has 0 saturated heterocycles. The van der Waals surface area contributed by atoms with Crippen molar-refractivity contribution in [2.24, 2.45) is 11.8 Å². The molecule has 1 aromatic heterocycles. The third-order valence-electron chi connectivity index (χ3n) is 13.1. The van der Waals surface area contributed by atoms with Crippen molar-refractivity contribution in [3.05, 3.63) is 260 Å². The Kier molecular flexibility index (Phi) is 9.34. The Balaban J connectivity index is 1.02. The maximum atomic E-state index is 2.45. The molecule has 9 aromatic carbocycles. The number of para-hydroxylation sites is 2. The first kappa shape index (κ1) is 37.6. The SMILES string of the molecule is C1=CC2C=CC=C(c3cc(N(c4ccc(-c5ccccc5-n5c6ccccc6c6cc7ccccc7cc65)cc4)c4cccc(-c5ccccc5)c4)ccc3-c3ccccc3)C2C=C1. The fraction of sp³-hybridized carbons (Fsp3) is 0.0323. The molecular formula is C62H44N2. The van der Waals surface area contributed by atoms with Crippen molar-refractivity contribution < 1.29 is 0 Å². The molecule has 0 fully saturated rings. The zero-order valence-electron chi connectivity index (χ0n) is 35.3.